The summed E-state index contributed by atoms with van der Waals surface area (Å²) in [4.78, 5) is 23.7. The second kappa shape index (κ2) is 7.29. The fourth-order valence-electron chi connectivity index (χ4n) is 1.50. The van der Waals surface area contributed by atoms with E-state index in [0.29, 0.717) is 5.69 Å². The molecule has 1 aromatic carbocycles. The molecule has 0 aliphatic heterocycles. The van der Waals surface area contributed by atoms with Gasteiger partial charge in [0, 0.05) is 5.69 Å². The Kier molecular flexibility index (Phi) is 5.73. The van der Waals surface area contributed by atoms with Gasteiger partial charge >= 0.3 is 6.09 Å². The summed E-state index contributed by atoms with van der Waals surface area (Å²) < 4.78 is 5.08. The van der Waals surface area contributed by atoms with E-state index >= 15 is 0 Å². The maximum atomic E-state index is 12.1. The molecule has 0 heterocycles. The first-order valence-corrected chi connectivity index (χ1v) is 6.54. The van der Waals surface area contributed by atoms with Crippen LogP contribution in [0.4, 0.5) is 10.5 Å². The van der Waals surface area contributed by atoms with Crippen LogP contribution < -0.4 is 10.6 Å². The van der Waals surface area contributed by atoms with Gasteiger partial charge in [-0.3, -0.25) is 4.79 Å². The first kappa shape index (κ1) is 16.5. The number of carbonyl (C=O) groups excluding carboxylic acids is 2. The van der Waals surface area contributed by atoms with Gasteiger partial charge in [-0.05, 0) is 32.9 Å². The first-order chi connectivity index (χ1) is 9.81. The number of nitrogens with one attached hydrogen (secondary N) is 2. The van der Waals surface area contributed by atoms with Crippen molar-refractivity contribution < 1.29 is 14.3 Å². The third-order valence-corrected chi connectivity index (χ3v) is 2.34. The predicted molar refractivity (Wildman–Crippen MR) is 78.5 cm³/mol. The number of alkyl carbamates (subject to hydrolysis) is 1. The van der Waals surface area contributed by atoms with Crippen LogP contribution in [-0.2, 0) is 9.53 Å². The van der Waals surface area contributed by atoms with Gasteiger partial charge in [0.15, 0.2) is 0 Å². The van der Waals surface area contributed by atoms with Crippen LogP contribution in [0.2, 0.25) is 0 Å². The highest BCUT2D eigenvalue weighted by Gasteiger charge is 2.24. The van der Waals surface area contributed by atoms with Crippen LogP contribution in [0.5, 0.6) is 0 Å². The van der Waals surface area contributed by atoms with E-state index < -0.39 is 23.6 Å². The largest absolute Gasteiger partial charge is 0.444 e. The Morgan fingerprint density at radius 3 is 2.43 bits per heavy atom. The van der Waals surface area contributed by atoms with Gasteiger partial charge in [-0.25, -0.2) is 4.79 Å². The third-order valence-electron chi connectivity index (χ3n) is 2.34. The van der Waals surface area contributed by atoms with Crippen LogP contribution in [0.15, 0.2) is 30.3 Å². The molecule has 0 aromatic heterocycles. The van der Waals surface area contributed by atoms with Gasteiger partial charge < -0.3 is 15.4 Å². The number of nitrogens with zero attached hydrogens (tertiary/aromatic N) is 1. The van der Waals surface area contributed by atoms with Crippen molar-refractivity contribution >= 4 is 17.7 Å². The van der Waals surface area contributed by atoms with E-state index in [4.69, 9.17) is 10.00 Å². The van der Waals surface area contributed by atoms with E-state index in [1.54, 1.807) is 45.0 Å². The zero-order valence-electron chi connectivity index (χ0n) is 12.3. The number of anilines is 1. The van der Waals surface area contributed by atoms with Crippen molar-refractivity contribution in [2.45, 2.75) is 38.8 Å². The molecular weight excluding hydrogens is 270 g/mol. The normalized spacial score (nSPS) is 11.9. The Morgan fingerprint density at radius 2 is 1.90 bits per heavy atom. The van der Waals surface area contributed by atoms with E-state index in [9.17, 15) is 9.59 Å². The molecule has 2 amide bonds. The number of rotatable bonds is 4. The standard InChI is InChI=1S/C15H19N3O3/c1-15(2,3)21-14(20)18-12(9-10-16)13(19)17-11-7-5-4-6-8-11/h4-8,12H,9H2,1-3H3,(H,17,19)(H,18,20)/t12-/m0/s1. The van der Waals surface area contributed by atoms with Crippen molar-refractivity contribution in [1.29, 1.82) is 5.26 Å². The highest BCUT2D eigenvalue weighted by atomic mass is 16.6. The molecule has 0 aliphatic carbocycles. The second-order valence-electron chi connectivity index (χ2n) is 5.42. The van der Waals surface area contributed by atoms with Gasteiger partial charge in [-0.2, -0.15) is 5.26 Å². The van der Waals surface area contributed by atoms with Crippen molar-refractivity contribution in [3.05, 3.63) is 30.3 Å². The van der Waals surface area contributed by atoms with Crippen molar-refractivity contribution in [2.24, 2.45) is 0 Å². The molecule has 0 radical (unpaired) electrons. The van der Waals surface area contributed by atoms with Crippen LogP contribution in [0.3, 0.4) is 0 Å². The zero-order valence-corrected chi connectivity index (χ0v) is 12.3. The van der Waals surface area contributed by atoms with Crippen LogP contribution in [-0.4, -0.2) is 23.6 Å². The van der Waals surface area contributed by atoms with Gasteiger partial charge in [0.1, 0.15) is 11.6 Å². The molecule has 21 heavy (non-hydrogen) atoms. The molecule has 0 saturated heterocycles. The summed E-state index contributed by atoms with van der Waals surface area (Å²) in [5.74, 6) is -0.464. The van der Waals surface area contributed by atoms with E-state index in [0.717, 1.165) is 0 Å². The summed E-state index contributed by atoms with van der Waals surface area (Å²) in [6, 6.07) is 9.71. The van der Waals surface area contributed by atoms with Gasteiger partial charge in [0.25, 0.3) is 0 Å². The Morgan fingerprint density at radius 1 is 1.29 bits per heavy atom. The summed E-state index contributed by atoms with van der Waals surface area (Å²) in [7, 11) is 0. The number of para-hydroxylation sites is 1. The molecule has 2 N–H and O–H groups in total. The molecule has 0 unspecified atom stereocenters. The number of nitriles is 1. The average Bonchev–Trinajstić information content (AvgIpc) is 2.37. The quantitative estimate of drug-likeness (QED) is 0.890. The smallest absolute Gasteiger partial charge is 0.408 e. The lowest BCUT2D eigenvalue weighted by Gasteiger charge is -2.22. The molecule has 6 nitrogen and oxygen atoms in total. The molecule has 6 heteroatoms. The maximum absolute atomic E-state index is 12.1. The predicted octanol–water partition coefficient (Wildman–Crippen LogP) is 2.43. The third kappa shape index (κ3) is 6.43. The van der Waals surface area contributed by atoms with Crippen molar-refractivity contribution in [3.8, 4) is 6.07 Å². The Bertz CT molecular complexity index is 529. The minimum Gasteiger partial charge on any atom is -0.444 e. The molecule has 0 aliphatic rings. The zero-order chi connectivity index (χ0) is 15.9. The molecule has 0 fully saturated rings. The minimum absolute atomic E-state index is 0.141. The number of benzene rings is 1. The fourth-order valence-corrected chi connectivity index (χ4v) is 1.50. The molecule has 0 spiro atoms. The lowest BCUT2D eigenvalue weighted by atomic mass is 10.2. The summed E-state index contributed by atoms with van der Waals surface area (Å²) >= 11 is 0. The monoisotopic (exact) mass is 289 g/mol. The van der Waals surface area contributed by atoms with E-state index in [2.05, 4.69) is 10.6 Å². The highest BCUT2D eigenvalue weighted by Crippen LogP contribution is 2.09. The number of hydrogen-bond donors (Lipinski definition) is 2. The van der Waals surface area contributed by atoms with E-state index in [1.807, 2.05) is 12.1 Å². The van der Waals surface area contributed by atoms with Crippen molar-refractivity contribution in [3.63, 3.8) is 0 Å². The number of ether oxygens (including phenoxy) is 1. The van der Waals surface area contributed by atoms with E-state index in [1.165, 1.54) is 0 Å². The topological polar surface area (TPSA) is 91.2 Å². The average molecular weight is 289 g/mol. The Labute approximate surface area is 124 Å². The van der Waals surface area contributed by atoms with Gasteiger partial charge in [0.2, 0.25) is 5.91 Å². The van der Waals surface area contributed by atoms with Crippen LogP contribution in [0, 0.1) is 11.3 Å². The molecule has 1 aromatic rings. The summed E-state index contributed by atoms with van der Waals surface area (Å²) in [5, 5.41) is 13.8. The van der Waals surface area contributed by atoms with Crippen LogP contribution >= 0.6 is 0 Å². The molecule has 1 rings (SSSR count). The van der Waals surface area contributed by atoms with Gasteiger partial charge in [-0.15, -0.1) is 0 Å². The lowest BCUT2D eigenvalue weighted by molar-refractivity contribution is -0.118. The van der Waals surface area contributed by atoms with Gasteiger partial charge in [-0.1, -0.05) is 18.2 Å². The Hall–Kier alpha value is -2.55. The highest BCUT2D eigenvalue weighted by molar-refractivity contribution is 5.96. The molecule has 112 valence electrons. The number of amides is 2. The molecular formula is C15H19N3O3. The van der Waals surface area contributed by atoms with Crippen LogP contribution in [0.1, 0.15) is 27.2 Å². The SMILES string of the molecule is CC(C)(C)OC(=O)N[C@@H](CC#N)C(=O)Nc1ccccc1. The maximum Gasteiger partial charge on any atom is 0.408 e. The lowest BCUT2D eigenvalue weighted by Crippen LogP contribution is -2.45. The summed E-state index contributed by atoms with van der Waals surface area (Å²) in [6.07, 6.45) is -0.872. The first-order valence-electron chi connectivity index (χ1n) is 6.54. The van der Waals surface area contributed by atoms with Crippen LogP contribution in [0.25, 0.3) is 0 Å². The van der Waals surface area contributed by atoms with Crippen molar-refractivity contribution in [1.82, 2.24) is 5.32 Å². The summed E-state index contributed by atoms with van der Waals surface area (Å²) in [6.45, 7) is 5.15. The second-order valence-corrected chi connectivity index (χ2v) is 5.42. The Balaban J connectivity index is 2.66. The summed E-state index contributed by atoms with van der Waals surface area (Å²) in [5.41, 5.74) is -0.0755. The molecule has 1 atom stereocenters. The number of carbonyl (C=O) groups is 2. The molecule has 0 bridgehead atoms. The minimum atomic E-state index is -0.968. The van der Waals surface area contributed by atoms with E-state index in [-0.39, 0.29) is 6.42 Å². The molecule has 0 saturated carbocycles. The van der Waals surface area contributed by atoms with Gasteiger partial charge in [0.05, 0.1) is 12.5 Å². The fraction of sp³-hybridized carbons (Fsp3) is 0.400. The number of hydrogen-bond acceptors (Lipinski definition) is 4. The van der Waals surface area contributed by atoms with Crippen molar-refractivity contribution in [2.75, 3.05) is 5.32 Å².